The van der Waals surface area contributed by atoms with Gasteiger partial charge in [0.15, 0.2) is 17.0 Å². The number of anilines is 1. The van der Waals surface area contributed by atoms with Crippen molar-refractivity contribution < 1.29 is 24.5 Å². The van der Waals surface area contributed by atoms with Gasteiger partial charge in [-0.2, -0.15) is 10.2 Å². The molecule has 0 radical (unpaired) electrons. The third-order valence-electron chi connectivity index (χ3n) is 4.39. The molecule has 2 aromatic heterocycles. The van der Waals surface area contributed by atoms with E-state index in [-0.39, 0.29) is 13.2 Å². The molecule has 2 aromatic rings. The molecule has 0 saturated carbocycles. The van der Waals surface area contributed by atoms with Gasteiger partial charge in [-0.3, -0.25) is 9.69 Å². The maximum atomic E-state index is 12.9. The third-order valence-corrected chi connectivity index (χ3v) is 4.39. The van der Waals surface area contributed by atoms with Crippen molar-refractivity contribution in [3.05, 3.63) is 30.7 Å². The number of amides is 1. The van der Waals surface area contributed by atoms with Crippen molar-refractivity contribution in [2.75, 3.05) is 18.1 Å². The number of aromatic nitrogens is 4. The van der Waals surface area contributed by atoms with E-state index in [1.54, 1.807) is 18.3 Å². The first-order valence-electron chi connectivity index (χ1n) is 7.52. The number of hydrogen-bond acceptors (Lipinski definition) is 7. The lowest BCUT2D eigenvalue weighted by Gasteiger charge is -2.44. The van der Waals surface area contributed by atoms with Crippen LogP contribution < -0.4 is 4.90 Å². The van der Waals surface area contributed by atoms with Gasteiger partial charge >= 0.3 is 5.97 Å². The molecule has 10 heteroatoms. The lowest BCUT2D eigenvalue weighted by molar-refractivity contribution is -0.203. The molecule has 132 valence electrons. The standard InChI is InChI=1S/C15H17N5O5/c1-14(24,13(22)23)15(2)12(21)19(7-8-25-15)11-4-6-20(18-11)10-3-5-16-17-9-10/h3-6,9,24H,7-8H2,1-2H3,(H,22,23)/t14?,15-/m0/s1. The number of aliphatic carboxylic acids is 1. The van der Waals surface area contributed by atoms with Crippen molar-refractivity contribution in [1.29, 1.82) is 0 Å². The molecule has 1 saturated heterocycles. The van der Waals surface area contributed by atoms with Crippen molar-refractivity contribution in [1.82, 2.24) is 20.0 Å². The topological polar surface area (TPSA) is 131 Å². The molecule has 10 nitrogen and oxygen atoms in total. The Kier molecular flexibility index (Phi) is 4.01. The minimum absolute atomic E-state index is 0.0648. The minimum atomic E-state index is -2.39. The first-order valence-corrected chi connectivity index (χ1v) is 7.52. The highest BCUT2D eigenvalue weighted by Gasteiger charge is 2.59. The number of carbonyl (C=O) groups is 2. The summed E-state index contributed by atoms with van der Waals surface area (Å²) in [7, 11) is 0. The highest BCUT2D eigenvalue weighted by atomic mass is 16.5. The number of carboxylic acids is 1. The number of carbonyl (C=O) groups excluding carboxylic acids is 1. The first kappa shape index (κ1) is 17.0. The number of hydrogen-bond donors (Lipinski definition) is 2. The number of ether oxygens (including phenoxy) is 1. The number of carboxylic acid groups (broad SMARTS) is 1. The zero-order valence-corrected chi connectivity index (χ0v) is 13.7. The van der Waals surface area contributed by atoms with E-state index in [0.29, 0.717) is 11.5 Å². The molecule has 2 atom stereocenters. The summed E-state index contributed by atoms with van der Waals surface area (Å²) >= 11 is 0. The van der Waals surface area contributed by atoms with Gasteiger partial charge < -0.3 is 14.9 Å². The minimum Gasteiger partial charge on any atom is -0.479 e. The summed E-state index contributed by atoms with van der Waals surface area (Å²) < 4.78 is 6.89. The van der Waals surface area contributed by atoms with Crippen LogP contribution in [0.3, 0.4) is 0 Å². The zero-order chi connectivity index (χ0) is 18.2. The van der Waals surface area contributed by atoms with E-state index in [1.807, 2.05) is 0 Å². The molecule has 1 aliphatic heterocycles. The summed E-state index contributed by atoms with van der Waals surface area (Å²) in [5.74, 6) is -1.90. The summed E-state index contributed by atoms with van der Waals surface area (Å²) in [5.41, 5.74) is -3.67. The van der Waals surface area contributed by atoms with Gasteiger partial charge in [-0.15, -0.1) is 5.10 Å². The Morgan fingerprint density at radius 1 is 1.40 bits per heavy atom. The summed E-state index contributed by atoms with van der Waals surface area (Å²) in [6.07, 6.45) is 4.66. The van der Waals surface area contributed by atoms with Crippen LogP contribution in [-0.4, -0.2) is 66.4 Å². The number of rotatable bonds is 4. The number of morpholine rings is 1. The molecule has 2 N–H and O–H groups in total. The van der Waals surface area contributed by atoms with Crippen molar-refractivity contribution in [2.24, 2.45) is 0 Å². The molecule has 0 spiro atoms. The van der Waals surface area contributed by atoms with Crippen LogP contribution in [0.15, 0.2) is 30.7 Å². The van der Waals surface area contributed by atoms with Crippen LogP contribution in [0.4, 0.5) is 5.82 Å². The molecule has 1 amide bonds. The molecular formula is C15H17N5O5. The van der Waals surface area contributed by atoms with E-state index >= 15 is 0 Å². The second-order valence-electron chi connectivity index (χ2n) is 5.94. The fourth-order valence-corrected chi connectivity index (χ4v) is 2.55. The third kappa shape index (κ3) is 2.65. The smallest absolute Gasteiger partial charge is 0.339 e. The lowest BCUT2D eigenvalue weighted by Crippen LogP contribution is -2.68. The number of nitrogens with zero attached hydrogens (tertiary/aromatic N) is 5. The Morgan fingerprint density at radius 3 is 2.80 bits per heavy atom. The molecule has 0 aromatic carbocycles. The van der Waals surface area contributed by atoms with Crippen molar-refractivity contribution in [3.8, 4) is 5.69 Å². The van der Waals surface area contributed by atoms with E-state index in [0.717, 1.165) is 6.92 Å². The van der Waals surface area contributed by atoms with Crippen LogP contribution in [0.2, 0.25) is 0 Å². The fraction of sp³-hybridized carbons (Fsp3) is 0.400. The fourth-order valence-electron chi connectivity index (χ4n) is 2.55. The van der Waals surface area contributed by atoms with Crippen LogP contribution in [0.25, 0.3) is 5.69 Å². The van der Waals surface area contributed by atoms with Gasteiger partial charge in [0.1, 0.15) is 0 Å². The second-order valence-corrected chi connectivity index (χ2v) is 5.94. The van der Waals surface area contributed by atoms with Gasteiger partial charge in [0, 0.05) is 12.3 Å². The van der Waals surface area contributed by atoms with E-state index in [2.05, 4.69) is 15.3 Å². The van der Waals surface area contributed by atoms with Crippen LogP contribution in [0.5, 0.6) is 0 Å². The van der Waals surface area contributed by atoms with Gasteiger partial charge in [0.25, 0.3) is 5.91 Å². The van der Waals surface area contributed by atoms with Gasteiger partial charge in [-0.1, -0.05) is 0 Å². The van der Waals surface area contributed by atoms with Gasteiger partial charge in [-0.05, 0) is 19.9 Å². The molecule has 1 aliphatic rings. The monoisotopic (exact) mass is 347 g/mol. The summed E-state index contributed by atoms with van der Waals surface area (Å²) in [5, 5.41) is 31.3. The molecule has 0 bridgehead atoms. The first-order chi connectivity index (χ1) is 11.8. The molecule has 0 aliphatic carbocycles. The summed E-state index contributed by atoms with van der Waals surface area (Å²) in [4.78, 5) is 25.5. The average Bonchev–Trinajstić information content (AvgIpc) is 3.07. The molecule has 1 unspecified atom stereocenters. The molecule has 1 fully saturated rings. The molecule has 3 rings (SSSR count). The second kappa shape index (κ2) is 5.90. The van der Waals surface area contributed by atoms with Crippen LogP contribution in [-0.2, 0) is 14.3 Å². The average molecular weight is 347 g/mol. The summed E-state index contributed by atoms with van der Waals surface area (Å²) in [6, 6.07) is 3.31. The SMILES string of the molecule is CC(O)(C(=O)O)[C@@]1(C)OCCN(c2ccn(-c3ccnnc3)n2)C1=O. The Hall–Kier alpha value is -2.85. The van der Waals surface area contributed by atoms with E-state index < -0.39 is 23.1 Å². The Labute approximate surface area is 142 Å². The predicted molar refractivity (Wildman–Crippen MR) is 84.1 cm³/mol. The Balaban J connectivity index is 1.92. The predicted octanol–water partition coefficient (Wildman–Crippen LogP) is -0.380. The molecule has 3 heterocycles. The summed E-state index contributed by atoms with van der Waals surface area (Å²) in [6.45, 7) is 2.56. The molecular weight excluding hydrogens is 330 g/mol. The van der Waals surface area contributed by atoms with Crippen LogP contribution >= 0.6 is 0 Å². The van der Waals surface area contributed by atoms with Crippen LogP contribution in [0, 0.1) is 0 Å². The van der Waals surface area contributed by atoms with Gasteiger partial charge in [0.2, 0.25) is 0 Å². The maximum absolute atomic E-state index is 12.9. The number of aliphatic hydroxyl groups is 1. The van der Waals surface area contributed by atoms with Crippen molar-refractivity contribution >= 4 is 17.7 Å². The van der Waals surface area contributed by atoms with Gasteiger partial charge in [0.05, 0.1) is 31.2 Å². The maximum Gasteiger partial charge on any atom is 0.339 e. The highest BCUT2D eigenvalue weighted by molar-refractivity contribution is 6.03. The quantitative estimate of drug-likeness (QED) is 0.765. The van der Waals surface area contributed by atoms with Crippen molar-refractivity contribution in [3.63, 3.8) is 0 Å². The highest BCUT2D eigenvalue weighted by Crippen LogP contribution is 2.33. The lowest BCUT2D eigenvalue weighted by atomic mass is 9.83. The van der Waals surface area contributed by atoms with E-state index in [4.69, 9.17) is 4.74 Å². The van der Waals surface area contributed by atoms with E-state index in [1.165, 1.54) is 28.9 Å². The van der Waals surface area contributed by atoms with E-state index in [9.17, 15) is 19.8 Å². The normalized spacial score (nSPS) is 23.3. The van der Waals surface area contributed by atoms with Crippen LogP contribution in [0.1, 0.15) is 13.8 Å². The van der Waals surface area contributed by atoms with Crippen molar-refractivity contribution in [2.45, 2.75) is 25.0 Å². The molecule has 25 heavy (non-hydrogen) atoms. The Morgan fingerprint density at radius 2 is 2.16 bits per heavy atom. The Bertz CT molecular complexity index is 806. The largest absolute Gasteiger partial charge is 0.479 e. The van der Waals surface area contributed by atoms with Gasteiger partial charge in [-0.25, -0.2) is 9.48 Å². The zero-order valence-electron chi connectivity index (χ0n) is 13.7.